The molecule has 0 rings (SSSR count). The Labute approximate surface area is 76.6 Å². The van der Waals surface area contributed by atoms with Gasteiger partial charge in [0, 0.05) is 0 Å². The summed E-state index contributed by atoms with van der Waals surface area (Å²) in [5.41, 5.74) is 0. The van der Waals surface area contributed by atoms with Crippen molar-refractivity contribution in [2.75, 3.05) is 6.67 Å². The summed E-state index contributed by atoms with van der Waals surface area (Å²) in [5, 5.41) is 0. The lowest BCUT2D eigenvalue weighted by Gasteiger charge is -1.99. The zero-order valence-corrected chi connectivity index (χ0v) is 8.16. The molecule has 0 amide bonds. The predicted octanol–water partition coefficient (Wildman–Crippen LogP) is 4.30. The summed E-state index contributed by atoms with van der Waals surface area (Å²) in [6.45, 7) is 3.66. The summed E-state index contributed by atoms with van der Waals surface area (Å²) in [7, 11) is 0. The molecule has 0 nitrogen and oxygen atoms in total. The Hall–Kier alpha value is -0.0700. The van der Waals surface area contributed by atoms with E-state index in [4.69, 9.17) is 0 Å². The molecule has 0 saturated carbocycles. The lowest BCUT2D eigenvalue weighted by atomic mass is 10.1. The molecule has 0 aromatic heterocycles. The van der Waals surface area contributed by atoms with Gasteiger partial charge in [-0.25, -0.2) is 0 Å². The Bertz CT molecular complexity index is 61.4. The highest BCUT2D eigenvalue weighted by Crippen LogP contribution is 2.09. The van der Waals surface area contributed by atoms with Gasteiger partial charge in [-0.05, 0) is 6.42 Å². The van der Waals surface area contributed by atoms with E-state index < -0.39 is 0 Å². The van der Waals surface area contributed by atoms with E-state index in [2.05, 4.69) is 6.92 Å². The predicted molar refractivity (Wildman–Crippen MR) is 52.9 cm³/mol. The maximum atomic E-state index is 11.7. The van der Waals surface area contributed by atoms with Crippen molar-refractivity contribution in [2.24, 2.45) is 0 Å². The van der Waals surface area contributed by atoms with Crippen molar-refractivity contribution in [1.29, 1.82) is 0 Å². The van der Waals surface area contributed by atoms with E-state index in [0.717, 1.165) is 19.3 Å². The summed E-state index contributed by atoms with van der Waals surface area (Å²) in [6, 6.07) is 0. The third kappa shape index (κ3) is 9.93. The van der Waals surface area contributed by atoms with E-state index in [9.17, 15) is 4.39 Å². The Morgan fingerprint density at radius 2 is 1.08 bits per heavy atom. The Morgan fingerprint density at radius 1 is 0.667 bits per heavy atom. The number of hydrogen-bond acceptors (Lipinski definition) is 0. The third-order valence-electron chi connectivity index (χ3n) is 2.13. The number of hydrogen-bond donors (Lipinski definition) is 0. The van der Waals surface area contributed by atoms with Crippen molar-refractivity contribution in [2.45, 2.75) is 57.8 Å². The van der Waals surface area contributed by atoms with Crippen LogP contribution in [-0.4, -0.2) is 6.67 Å². The van der Waals surface area contributed by atoms with Gasteiger partial charge >= 0.3 is 0 Å². The third-order valence-corrected chi connectivity index (χ3v) is 2.13. The Balaban J connectivity index is 2.73. The average Bonchev–Trinajstić information content (AvgIpc) is 2.10. The molecule has 0 aliphatic rings. The quantitative estimate of drug-likeness (QED) is 0.456. The SMILES string of the molecule is [CH2]CCCCCCCCCCF. The topological polar surface area (TPSA) is 0 Å². The van der Waals surface area contributed by atoms with Crippen LogP contribution in [0.2, 0.25) is 0 Å². The molecule has 73 valence electrons. The normalized spacial score (nSPS) is 10.5. The molecule has 1 heteroatoms. The van der Waals surface area contributed by atoms with E-state index in [1.807, 2.05) is 0 Å². The second kappa shape index (κ2) is 10.9. The van der Waals surface area contributed by atoms with Gasteiger partial charge in [-0.1, -0.05) is 58.3 Å². The lowest BCUT2D eigenvalue weighted by Crippen LogP contribution is -1.81. The van der Waals surface area contributed by atoms with Crippen molar-refractivity contribution in [1.82, 2.24) is 0 Å². The molecular formula is C11H22F. The molecule has 0 aromatic carbocycles. The van der Waals surface area contributed by atoms with Crippen LogP contribution in [0.25, 0.3) is 0 Å². The first-order chi connectivity index (χ1) is 5.91. The molecule has 0 saturated heterocycles. The highest BCUT2D eigenvalue weighted by atomic mass is 19.1. The van der Waals surface area contributed by atoms with Crippen molar-refractivity contribution >= 4 is 0 Å². The van der Waals surface area contributed by atoms with E-state index in [1.165, 1.54) is 38.5 Å². The molecule has 1 radical (unpaired) electrons. The Morgan fingerprint density at radius 3 is 1.50 bits per heavy atom. The molecule has 0 heterocycles. The van der Waals surface area contributed by atoms with Crippen LogP contribution in [0.5, 0.6) is 0 Å². The fourth-order valence-electron chi connectivity index (χ4n) is 1.33. The molecule has 0 unspecified atom stereocenters. The van der Waals surface area contributed by atoms with Gasteiger partial charge in [0.2, 0.25) is 0 Å². The first kappa shape index (κ1) is 11.9. The molecule has 0 bridgehead atoms. The minimum atomic E-state index is -0.137. The van der Waals surface area contributed by atoms with Crippen molar-refractivity contribution < 1.29 is 4.39 Å². The van der Waals surface area contributed by atoms with Crippen LogP contribution in [0.3, 0.4) is 0 Å². The second-order valence-corrected chi connectivity index (χ2v) is 3.37. The van der Waals surface area contributed by atoms with E-state index in [1.54, 1.807) is 0 Å². The van der Waals surface area contributed by atoms with Gasteiger partial charge in [-0.15, -0.1) is 0 Å². The largest absolute Gasteiger partial charge is 0.251 e. The van der Waals surface area contributed by atoms with Crippen LogP contribution >= 0.6 is 0 Å². The van der Waals surface area contributed by atoms with Crippen LogP contribution in [0, 0.1) is 6.92 Å². The average molecular weight is 173 g/mol. The van der Waals surface area contributed by atoms with Crippen LogP contribution in [0.1, 0.15) is 57.8 Å². The van der Waals surface area contributed by atoms with Crippen molar-refractivity contribution in [3.63, 3.8) is 0 Å². The van der Waals surface area contributed by atoms with Crippen molar-refractivity contribution in [3.8, 4) is 0 Å². The number of alkyl halides is 1. The maximum Gasteiger partial charge on any atom is 0.0894 e. The molecule has 0 aliphatic carbocycles. The van der Waals surface area contributed by atoms with Gasteiger partial charge in [-0.2, -0.15) is 0 Å². The summed E-state index contributed by atoms with van der Waals surface area (Å²) >= 11 is 0. The van der Waals surface area contributed by atoms with Gasteiger partial charge in [0.1, 0.15) is 0 Å². The first-order valence-corrected chi connectivity index (χ1v) is 5.27. The van der Waals surface area contributed by atoms with Gasteiger partial charge in [0.05, 0.1) is 6.67 Å². The molecular weight excluding hydrogens is 151 g/mol. The molecule has 0 N–H and O–H groups in total. The van der Waals surface area contributed by atoms with E-state index in [-0.39, 0.29) is 6.67 Å². The zero-order valence-electron chi connectivity index (χ0n) is 8.16. The number of unbranched alkanes of at least 4 members (excludes halogenated alkanes) is 8. The number of halogens is 1. The van der Waals surface area contributed by atoms with Crippen LogP contribution < -0.4 is 0 Å². The molecule has 0 spiro atoms. The molecule has 0 fully saturated rings. The van der Waals surface area contributed by atoms with Gasteiger partial charge < -0.3 is 0 Å². The van der Waals surface area contributed by atoms with Crippen molar-refractivity contribution in [3.05, 3.63) is 6.92 Å². The highest BCUT2D eigenvalue weighted by Gasteiger charge is 1.90. The molecule has 0 aromatic rings. The van der Waals surface area contributed by atoms with Crippen LogP contribution in [0.4, 0.5) is 4.39 Å². The molecule has 12 heavy (non-hydrogen) atoms. The summed E-state index contributed by atoms with van der Waals surface area (Å²) < 4.78 is 11.7. The number of rotatable bonds is 9. The van der Waals surface area contributed by atoms with E-state index in [0.29, 0.717) is 0 Å². The van der Waals surface area contributed by atoms with Gasteiger partial charge in [0.15, 0.2) is 0 Å². The molecule has 0 aliphatic heterocycles. The van der Waals surface area contributed by atoms with E-state index >= 15 is 0 Å². The molecule has 0 atom stereocenters. The highest BCUT2D eigenvalue weighted by molar-refractivity contribution is 4.47. The fourth-order valence-corrected chi connectivity index (χ4v) is 1.33. The maximum absolute atomic E-state index is 11.7. The van der Waals surface area contributed by atoms with Gasteiger partial charge in [-0.3, -0.25) is 4.39 Å². The lowest BCUT2D eigenvalue weighted by molar-refractivity contribution is 0.449. The minimum absolute atomic E-state index is 0.137. The minimum Gasteiger partial charge on any atom is -0.251 e. The fraction of sp³-hybridized carbons (Fsp3) is 0.909. The zero-order chi connectivity index (χ0) is 9.07. The standard InChI is InChI=1S/C11H22F/c1-2-3-4-5-6-7-8-9-10-11-12/h1-11H2. The van der Waals surface area contributed by atoms with Crippen LogP contribution in [-0.2, 0) is 0 Å². The second-order valence-electron chi connectivity index (χ2n) is 3.37. The summed E-state index contributed by atoms with van der Waals surface area (Å²) in [6.07, 6.45) is 10.7. The van der Waals surface area contributed by atoms with Crippen LogP contribution in [0.15, 0.2) is 0 Å². The summed E-state index contributed by atoms with van der Waals surface area (Å²) in [5.74, 6) is 0. The Kier molecular flexibility index (Phi) is 10.9. The summed E-state index contributed by atoms with van der Waals surface area (Å²) in [4.78, 5) is 0. The monoisotopic (exact) mass is 173 g/mol. The van der Waals surface area contributed by atoms with Gasteiger partial charge in [0.25, 0.3) is 0 Å². The first-order valence-electron chi connectivity index (χ1n) is 5.27. The smallest absolute Gasteiger partial charge is 0.0894 e.